The van der Waals surface area contributed by atoms with Crippen LogP contribution in [0.15, 0.2) is 24.3 Å². The van der Waals surface area contributed by atoms with Crippen molar-refractivity contribution < 1.29 is 14.3 Å². The molecule has 0 radical (unpaired) electrons. The summed E-state index contributed by atoms with van der Waals surface area (Å²) in [6.45, 7) is 0.682. The Kier molecular flexibility index (Phi) is 6.75. The van der Waals surface area contributed by atoms with Crippen molar-refractivity contribution in [3.05, 3.63) is 29.8 Å². The van der Waals surface area contributed by atoms with Crippen molar-refractivity contribution in [2.24, 2.45) is 11.8 Å². The Bertz CT molecular complexity index is 643. The first-order valence-corrected chi connectivity index (χ1v) is 10.2. The molecule has 148 valence electrons. The molecule has 3 rings (SSSR count). The molecule has 1 aliphatic carbocycles. The van der Waals surface area contributed by atoms with Gasteiger partial charge in [-0.3, -0.25) is 9.59 Å². The van der Waals surface area contributed by atoms with E-state index in [1.54, 1.807) is 14.2 Å². The van der Waals surface area contributed by atoms with E-state index < -0.39 is 0 Å². The lowest BCUT2D eigenvalue weighted by molar-refractivity contribution is -0.129. The molecule has 1 N–H and O–H groups in total. The molecule has 27 heavy (non-hydrogen) atoms. The molecular weight excluding hydrogens is 340 g/mol. The number of amides is 2. The highest BCUT2D eigenvalue weighted by Gasteiger charge is 2.34. The fourth-order valence-corrected chi connectivity index (χ4v) is 4.73. The molecule has 1 saturated heterocycles. The Morgan fingerprint density at radius 1 is 1.19 bits per heavy atom. The van der Waals surface area contributed by atoms with Gasteiger partial charge >= 0.3 is 0 Å². The summed E-state index contributed by atoms with van der Waals surface area (Å²) in [5.41, 5.74) is 1.15. The predicted molar refractivity (Wildman–Crippen MR) is 105 cm³/mol. The van der Waals surface area contributed by atoms with Crippen LogP contribution in [-0.2, 0) is 16.1 Å². The Labute approximate surface area is 162 Å². The summed E-state index contributed by atoms with van der Waals surface area (Å²) in [7, 11) is 3.38. The smallest absolute Gasteiger partial charge is 0.223 e. The van der Waals surface area contributed by atoms with Crippen LogP contribution in [0.4, 0.5) is 0 Å². The van der Waals surface area contributed by atoms with Crippen LogP contribution < -0.4 is 10.1 Å². The van der Waals surface area contributed by atoms with E-state index in [-0.39, 0.29) is 11.8 Å². The van der Waals surface area contributed by atoms with Crippen molar-refractivity contribution >= 4 is 11.8 Å². The standard InChI is InChI=1S/C22H32N2O3/c1-23-21(25)14-18-5-3-4-17(12-18)13-19-8-11-22(26)24(19)15-16-6-9-20(27-2)10-7-16/h6-7,9-10,17-19H,3-5,8,11-15H2,1-2H3,(H,23,25). The van der Waals surface area contributed by atoms with E-state index in [0.717, 1.165) is 37.0 Å². The molecule has 2 fully saturated rings. The SMILES string of the molecule is CNC(=O)CC1CCCC(CC2CCC(=O)N2Cc2ccc(OC)cc2)C1. The van der Waals surface area contributed by atoms with E-state index in [0.29, 0.717) is 37.3 Å². The number of hydrogen-bond donors (Lipinski definition) is 1. The molecule has 1 aliphatic heterocycles. The molecule has 5 nitrogen and oxygen atoms in total. The van der Waals surface area contributed by atoms with E-state index >= 15 is 0 Å². The van der Waals surface area contributed by atoms with Crippen molar-refractivity contribution in [3.8, 4) is 5.75 Å². The molecule has 1 heterocycles. The molecule has 2 amide bonds. The number of ether oxygens (including phenoxy) is 1. The van der Waals surface area contributed by atoms with E-state index in [9.17, 15) is 9.59 Å². The average molecular weight is 373 g/mol. The van der Waals surface area contributed by atoms with Crippen LogP contribution in [0, 0.1) is 11.8 Å². The normalized spacial score (nSPS) is 25.5. The van der Waals surface area contributed by atoms with Gasteiger partial charge in [-0.05, 0) is 55.2 Å². The van der Waals surface area contributed by atoms with Crippen LogP contribution >= 0.6 is 0 Å². The molecule has 0 bridgehead atoms. The van der Waals surface area contributed by atoms with Crippen LogP contribution in [0.1, 0.15) is 56.9 Å². The van der Waals surface area contributed by atoms with Gasteiger partial charge in [-0.25, -0.2) is 0 Å². The fourth-order valence-electron chi connectivity index (χ4n) is 4.73. The second-order valence-electron chi connectivity index (χ2n) is 8.07. The van der Waals surface area contributed by atoms with Gasteiger partial charge in [0.1, 0.15) is 5.75 Å². The summed E-state index contributed by atoms with van der Waals surface area (Å²) in [6.07, 6.45) is 8.05. The number of hydrogen-bond acceptors (Lipinski definition) is 3. The third-order valence-electron chi connectivity index (χ3n) is 6.21. The van der Waals surface area contributed by atoms with E-state index in [1.165, 1.54) is 12.8 Å². The van der Waals surface area contributed by atoms with Gasteiger partial charge in [-0.2, -0.15) is 0 Å². The maximum atomic E-state index is 12.5. The van der Waals surface area contributed by atoms with Crippen molar-refractivity contribution in [3.63, 3.8) is 0 Å². The second kappa shape index (κ2) is 9.25. The summed E-state index contributed by atoms with van der Waals surface area (Å²) < 4.78 is 5.22. The molecule has 0 spiro atoms. The second-order valence-corrected chi connectivity index (χ2v) is 8.07. The van der Waals surface area contributed by atoms with Crippen LogP contribution in [0.25, 0.3) is 0 Å². The molecule has 2 aliphatic rings. The minimum atomic E-state index is 0.151. The van der Waals surface area contributed by atoms with Gasteiger partial charge in [0.2, 0.25) is 11.8 Å². The third kappa shape index (κ3) is 5.24. The first-order valence-electron chi connectivity index (χ1n) is 10.2. The lowest BCUT2D eigenvalue weighted by atomic mass is 9.77. The number of nitrogens with one attached hydrogen (secondary N) is 1. The Morgan fingerprint density at radius 2 is 1.93 bits per heavy atom. The zero-order chi connectivity index (χ0) is 19.2. The van der Waals surface area contributed by atoms with E-state index in [1.807, 2.05) is 24.3 Å². The van der Waals surface area contributed by atoms with Crippen LogP contribution in [0.3, 0.4) is 0 Å². The number of rotatable bonds is 7. The number of likely N-dealkylation sites (tertiary alicyclic amines) is 1. The largest absolute Gasteiger partial charge is 0.497 e. The maximum Gasteiger partial charge on any atom is 0.223 e. The summed E-state index contributed by atoms with van der Waals surface area (Å²) in [4.78, 5) is 26.2. The first kappa shape index (κ1) is 19.7. The van der Waals surface area contributed by atoms with Gasteiger partial charge in [0.15, 0.2) is 0 Å². The number of nitrogens with zero attached hydrogens (tertiary/aromatic N) is 1. The first-order chi connectivity index (χ1) is 13.1. The number of carbonyl (C=O) groups excluding carboxylic acids is 2. The third-order valence-corrected chi connectivity index (χ3v) is 6.21. The quantitative estimate of drug-likeness (QED) is 0.797. The van der Waals surface area contributed by atoms with Gasteiger partial charge in [0.05, 0.1) is 7.11 Å². The molecule has 3 unspecified atom stereocenters. The lowest BCUT2D eigenvalue weighted by Crippen LogP contribution is -2.35. The van der Waals surface area contributed by atoms with Crippen LogP contribution in [0.5, 0.6) is 5.75 Å². The monoisotopic (exact) mass is 372 g/mol. The van der Waals surface area contributed by atoms with E-state index in [2.05, 4.69) is 10.2 Å². The lowest BCUT2D eigenvalue weighted by Gasteiger charge is -2.33. The van der Waals surface area contributed by atoms with E-state index in [4.69, 9.17) is 4.74 Å². The highest BCUT2D eigenvalue weighted by atomic mass is 16.5. The molecular formula is C22H32N2O3. The van der Waals surface area contributed by atoms with Gasteiger partial charge in [-0.15, -0.1) is 0 Å². The highest BCUT2D eigenvalue weighted by Crippen LogP contribution is 2.37. The average Bonchev–Trinajstić information content (AvgIpc) is 3.02. The highest BCUT2D eigenvalue weighted by molar-refractivity contribution is 5.78. The van der Waals surface area contributed by atoms with Crippen molar-refractivity contribution in [2.45, 2.75) is 64.0 Å². The Balaban J connectivity index is 1.57. The van der Waals surface area contributed by atoms with Crippen molar-refractivity contribution in [1.82, 2.24) is 10.2 Å². The van der Waals surface area contributed by atoms with Crippen LogP contribution in [0.2, 0.25) is 0 Å². The number of benzene rings is 1. The molecule has 3 atom stereocenters. The fraction of sp³-hybridized carbons (Fsp3) is 0.636. The molecule has 1 aromatic carbocycles. The topological polar surface area (TPSA) is 58.6 Å². The number of carbonyl (C=O) groups is 2. The summed E-state index contributed by atoms with van der Waals surface area (Å²) in [5.74, 6) is 2.39. The minimum absolute atomic E-state index is 0.151. The summed E-state index contributed by atoms with van der Waals surface area (Å²) in [5, 5.41) is 2.75. The summed E-state index contributed by atoms with van der Waals surface area (Å²) in [6, 6.07) is 8.33. The van der Waals surface area contributed by atoms with Gasteiger partial charge in [0, 0.05) is 32.5 Å². The molecule has 1 aromatic rings. The Hall–Kier alpha value is -2.04. The number of methoxy groups -OCH3 is 1. The van der Waals surface area contributed by atoms with Crippen molar-refractivity contribution in [1.29, 1.82) is 0 Å². The zero-order valence-corrected chi connectivity index (χ0v) is 16.6. The predicted octanol–water partition coefficient (Wildman–Crippen LogP) is 3.52. The van der Waals surface area contributed by atoms with Gasteiger partial charge in [-0.1, -0.05) is 25.0 Å². The van der Waals surface area contributed by atoms with Gasteiger partial charge in [0.25, 0.3) is 0 Å². The minimum Gasteiger partial charge on any atom is -0.497 e. The zero-order valence-electron chi connectivity index (χ0n) is 16.6. The van der Waals surface area contributed by atoms with Gasteiger partial charge < -0.3 is 15.0 Å². The molecule has 0 aromatic heterocycles. The summed E-state index contributed by atoms with van der Waals surface area (Å²) >= 11 is 0. The Morgan fingerprint density at radius 3 is 2.63 bits per heavy atom. The molecule has 5 heteroatoms. The van der Waals surface area contributed by atoms with Crippen LogP contribution in [-0.4, -0.2) is 36.9 Å². The maximum absolute atomic E-state index is 12.5. The van der Waals surface area contributed by atoms with Crippen molar-refractivity contribution in [2.75, 3.05) is 14.2 Å². The molecule has 1 saturated carbocycles.